The first-order valence-corrected chi connectivity index (χ1v) is 10.4. The summed E-state index contributed by atoms with van der Waals surface area (Å²) in [5, 5.41) is 17.7. The number of nitrogens with zero attached hydrogens (tertiary/aromatic N) is 5. The van der Waals surface area contributed by atoms with Crippen LogP contribution in [0.3, 0.4) is 0 Å². The molecule has 10 heteroatoms. The van der Waals surface area contributed by atoms with Crippen LogP contribution in [0.5, 0.6) is 0 Å². The van der Waals surface area contributed by atoms with Crippen molar-refractivity contribution in [2.75, 3.05) is 13.7 Å². The van der Waals surface area contributed by atoms with Gasteiger partial charge in [-0.1, -0.05) is 15.9 Å². The third-order valence-corrected chi connectivity index (χ3v) is 5.76. The highest BCUT2D eigenvalue weighted by atomic mass is 79.9. The van der Waals surface area contributed by atoms with E-state index in [-0.39, 0.29) is 24.3 Å². The molecule has 1 atom stereocenters. The fourth-order valence-electron chi connectivity index (χ4n) is 3.33. The molecule has 9 nitrogen and oxygen atoms in total. The first-order chi connectivity index (χ1) is 14.8. The van der Waals surface area contributed by atoms with Crippen LogP contribution >= 0.6 is 15.9 Å². The molecular weight excluding hydrogens is 464 g/mol. The molecule has 1 unspecified atom stereocenters. The first kappa shape index (κ1) is 20.9. The van der Waals surface area contributed by atoms with Gasteiger partial charge in [0.05, 0.1) is 23.2 Å². The maximum atomic E-state index is 13.0. The topological polar surface area (TPSA) is 121 Å². The van der Waals surface area contributed by atoms with Crippen molar-refractivity contribution < 1.29 is 14.3 Å². The van der Waals surface area contributed by atoms with Gasteiger partial charge in [-0.2, -0.15) is 5.26 Å². The summed E-state index contributed by atoms with van der Waals surface area (Å²) in [5.74, 6) is -0.410. The number of hydrazone groups is 1. The van der Waals surface area contributed by atoms with E-state index in [0.29, 0.717) is 17.0 Å². The lowest BCUT2D eigenvalue weighted by atomic mass is 9.95. The molecule has 2 amide bonds. The van der Waals surface area contributed by atoms with Crippen molar-refractivity contribution in [1.29, 1.82) is 5.26 Å². The van der Waals surface area contributed by atoms with E-state index in [4.69, 9.17) is 4.74 Å². The monoisotopic (exact) mass is 482 g/mol. The number of amides is 2. The lowest BCUT2D eigenvalue weighted by Gasteiger charge is -2.22. The number of hydrogen-bond donors (Lipinski definition) is 1. The van der Waals surface area contributed by atoms with Crippen molar-refractivity contribution in [3.05, 3.63) is 57.6 Å². The van der Waals surface area contributed by atoms with Gasteiger partial charge in [-0.05, 0) is 43.5 Å². The second-order valence-electron chi connectivity index (χ2n) is 7.52. The number of carbonyl (C=O) groups is 2. The molecule has 1 aromatic carbocycles. The van der Waals surface area contributed by atoms with E-state index in [1.54, 1.807) is 19.1 Å². The number of rotatable bonds is 5. The summed E-state index contributed by atoms with van der Waals surface area (Å²) in [7, 11) is 1.53. The van der Waals surface area contributed by atoms with Crippen LogP contribution in [0.15, 0.2) is 40.2 Å². The van der Waals surface area contributed by atoms with Crippen LogP contribution in [0.4, 0.5) is 0 Å². The van der Waals surface area contributed by atoms with E-state index in [1.807, 2.05) is 6.07 Å². The summed E-state index contributed by atoms with van der Waals surface area (Å²) >= 11 is 3.44. The number of nitrogens with one attached hydrogen (secondary N) is 1. The molecule has 2 heterocycles. The summed E-state index contributed by atoms with van der Waals surface area (Å²) in [6.45, 7) is 1.63. The number of hydrogen-bond acceptors (Lipinski definition) is 7. The number of aromatic nitrogens is 2. The number of ether oxygens (including phenoxy) is 1. The van der Waals surface area contributed by atoms with Gasteiger partial charge < -0.3 is 10.1 Å². The van der Waals surface area contributed by atoms with Gasteiger partial charge >= 0.3 is 0 Å². The van der Waals surface area contributed by atoms with Crippen molar-refractivity contribution in [2.24, 2.45) is 5.10 Å². The minimum Gasteiger partial charge on any atom is -0.465 e. The molecule has 4 rings (SSSR count). The average molecular weight is 483 g/mol. The molecule has 0 radical (unpaired) electrons. The van der Waals surface area contributed by atoms with Gasteiger partial charge in [-0.25, -0.2) is 9.99 Å². The van der Waals surface area contributed by atoms with Gasteiger partial charge in [-0.3, -0.25) is 14.6 Å². The van der Waals surface area contributed by atoms with Crippen LogP contribution in [0.1, 0.15) is 53.1 Å². The molecule has 0 bridgehead atoms. The largest absolute Gasteiger partial charge is 0.465 e. The minimum absolute atomic E-state index is 0.145. The predicted molar refractivity (Wildman–Crippen MR) is 114 cm³/mol. The van der Waals surface area contributed by atoms with Crippen LogP contribution < -0.4 is 5.32 Å². The van der Waals surface area contributed by atoms with Crippen LogP contribution in [0.2, 0.25) is 0 Å². The van der Waals surface area contributed by atoms with Gasteiger partial charge in [0.15, 0.2) is 12.3 Å². The van der Waals surface area contributed by atoms with Crippen molar-refractivity contribution in [1.82, 2.24) is 20.3 Å². The van der Waals surface area contributed by atoms with Crippen molar-refractivity contribution in [3.8, 4) is 6.07 Å². The Hall–Kier alpha value is -3.32. The molecule has 1 aliphatic carbocycles. The van der Waals surface area contributed by atoms with Gasteiger partial charge in [0.1, 0.15) is 0 Å². The summed E-state index contributed by atoms with van der Waals surface area (Å²) < 4.78 is 6.16. The highest BCUT2D eigenvalue weighted by Gasteiger charge is 2.45. The maximum absolute atomic E-state index is 13.0. The Bertz CT molecular complexity index is 1140. The standard InChI is InChI=1S/C21H19BrN6O3/c1-12(17-18(25-6-5-24-17)20-27-28(2)16(29)10-31-20)26-19(30)13-7-14(9-15(22)8-13)21(11-23)3-4-21/h5-9,12H,3-4,10H2,1-2H3,(H,26,30). The number of benzene rings is 1. The van der Waals surface area contributed by atoms with E-state index >= 15 is 0 Å². The van der Waals surface area contributed by atoms with Crippen LogP contribution in [-0.4, -0.2) is 46.3 Å². The van der Waals surface area contributed by atoms with Gasteiger partial charge in [0.25, 0.3) is 17.7 Å². The smallest absolute Gasteiger partial charge is 0.280 e. The Morgan fingerprint density at radius 1 is 1.32 bits per heavy atom. The SMILES string of the molecule is CC(NC(=O)c1cc(Br)cc(C2(C#N)CC2)c1)c1nccnc1C1=NN(C)C(=O)CO1. The molecule has 158 valence electrons. The summed E-state index contributed by atoms with van der Waals surface area (Å²) in [6, 6.07) is 7.19. The molecule has 0 spiro atoms. The van der Waals surface area contributed by atoms with E-state index in [2.05, 4.69) is 42.4 Å². The molecule has 31 heavy (non-hydrogen) atoms. The molecule has 1 aliphatic heterocycles. The molecule has 2 aliphatic rings. The Morgan fingerprint density at radius 3 is 2.74 bits per heavy atom. The van der Waals surface area contributed by atoms with Gasteiger partial charge in [-0.15, -0.1) is 5.10 Å². The van der Waals surface area contributed by atoms with Gasteiger partial charge in [0, 0.05) is 29.5 Å². The highest BCUT2D eigenvalue weighted by molar-refractivity contribution is 9.10. The predicted octanol–water partition coefficient (Wildman–Crippen LogP) is 2.44. The second kappa shape index (κ2) is 8.07. The molecular formula is C21H19BrN6O3. The van der Waals surface area contributed by atoms with E-state index in [1.165, 1.54) is 24.5 Å². The molecule has 0 saturated heterocycles. The van der Waals surface area contributed by atoms with Crippen molar-refractivity contribution in [2.45, 2.75) is 31.2 Å². The molecule has 1 saturated carbocycles. The Labute approximate surface area is 187 Å². The second-order valence-corrected chi connectivity index (χ2v) is 8.43. The Balaban J connectivity index is 1.58. The van der Waals surface area contributed by atoms with Crippen molar-refractivity contribution in [3.63, 3.8) is 0 Å². The van der Waals surface area contributed by atoms with E-state index in [0.717, 1.165) is 22.9 Å². The zero-order valence-corrected chi connectivity index (χ0v) is 18.5. The quantitative estimate of drug-likeness (QED) is 0.698. The van der Waals surface area contributed by atoms with E-state index < -0.39 is 11.5 Å². The zero-order chi connectivity index (χ0) is 22.2. The molecule has 1 N–H and O–H groups in total. The number of likely N-dealkylation sites (N-methyl/N-ethyl adjacent to an activating group) is 1. The van der Waals surface area contributed by atoms with Crippen LogP contribution in [-0.2, 0) is 14.9 Å². The first-order valence-electron chi connectivity index (χ1n) is 9.65. The fraction of sp³-hybridized carbons (Fsp3) is 0.333. The number of nitriles is 1. The van der Waals surface area contributed by atoms with Crippen LogP contribution in [0, 0.1) is 11.3 Å². The van der Waals surface area contributed by atoms with Crippen LogP contribution in [0.25, 0.3) is 0 Å². The van der Waals surface area contributed by atoms with Gasteiger partial charge in [0.2, 0.25) is 0 Å². The molecule has 2 aromatic rings. The number of halogens is 1. The van der Waals surface area contributed by atoms with E-state index in [9.17, 15) is 14.9 Å². The Morgan fingerprint density at radius 2 is 2.06 bits per heavy atom. The lowest BCUT2D eigenvalue weighted by Crippen LogP contribution is -2.35. The molecule has 1 aromatic heterocycles. The highest BCUT2D eigenvalue weighted by Crippen LogP contribution is 2.48. The normalized spacial score (nSPS) is 17.8. The Kier molecular flexibility index (Phi) is 5.45. The lowest BCUT2D eigenvalue weighted by molar-refractivity contribution is -0.134. The third-order valence-electron chi connectivity index (χ3n) is 5.30. The summed E-state index contributed by atoms with van der Waals surface area (Å²) in [6.07, 6.45) is 4.59. The van der Waals surface area contributed by atoms with Crippen molar-refractivity contribution >= 4 is 33.6 Å². The summed E-state index contributed by atoms with van der Waals surface area (Å²) in [5.41, 5.74) is 1.59. The third kappa shape index (κ3) is 4.14. The summed E-state index contributed by atoms with van der Waals surface area (Å²) in [4.78, 5) is 33.2. The average Bonchev–Trinajstić information content (AvgIpc) is 3.56. The zero-order valence-electron chi connectivity index (χ0n) is 16.9. The number of carbonyl (C=O) groups excluding carboxylic acids is 2. The fourth-order valence-corrected chi connectivity index (χ4v) is 3.82. The maximum Gasteiger partial charge on any atom is 0.280 e. The minimum atomic E-state index is -0.515. The molecule has 1 fully saturated rings.